The Bertz CT molecular complexity index is 530. The summed E-state index contributed by atoms with van der Waals surface area (Å²) in [5.74, 6) is -0.526. The number of anilines is 1. The molecule has 0 aliphatic carbocycles. The highest BCUT2D eigenvalue weighted by atomic mass is 19.1. The van der Waals surface area contributed by atoms with E-state index >= 15 is 0 Å². The van der Waals surface area contributed by atoms with Crippen molar-refractivity contribution in [2.75, 3.05) is 25.0 Å². The van der Waals surface area contributed by atoms with E-state index in [2.05, 4.69) is 11.4 Å². The summed E-state index contributed by atoms with van der Waals surface area (Å²) in [4.78, 5) is 13.9. The molecule has 1 aliphatic heterocycles. The molecule has 1 aliphatic rings. The number of amides is 1. The van der Waals surface area contributed by atoms with E-state index in [1.54, 1.807) is 12.1 Å². The highest BCUT2D eigenvalue weighted by Gasteiger charge is 2.30. The van der Waals surface area contributed by atoms with Crippen LogP contribution >= 0.6 is 0 Å². The fourth-order valence-electron chi connectivity index (χ4n) is 2.29. The average Bonchev–Trinajstić information content (AvgIpc) is 2.42. The van der Waals surface area contributed by atoms with Gasteiger partial charge in [-0.3, -0.25) is 9.69 Å². The number of hydrogen-bond acceptors (Lipinski definition) is 3. The van der Waals surface area contributed by atoms with Crippen LogP contribution in [0.15, 0.2) is 24.3 Å². The largest absolute Gasteiger partial charge is 0.325 e. The summed E-state index contributed by atoms with van der Waals surface area (Å²) in [6, 6.07) is 8.18. The SMILES string of the molecule is CC1(C#N)CCN(CC(=O)Nc2cccc(F)c2)CC1. The molecule has 1 aromatic carbocycles. The first kappa shape index (κ1) is 14.5. The first-order valence-electron chi connectivity index (χ1n) is 6.70. The zero-order valence-electron chi connectivity index (χ0n) is 11.5. The number of hydrogen-bond donors (Lipinski definition) is 1. The summed E-state index contributed by atoms with van der Waals surface area (Å²) in [6.45, 7) is 3.70. The van der Waals surface area contributed by atoms with Crippen molar-refractivity contribution in [2.24, 2.45) is 5.41 Å². The van der Waals surface area contributed by atoms with Gasteiger partial charge in [-0.25, -0.2) is 4.39 Å². The molecule has 1 aromatic rings. The second-order valence-electron chi connectivity index (χ2n) is 5.51. The van der Waals surface area contributed by atoms with Crippen LogP contribution in [0.25, 0.3) is 0 Å². The minimum atomic E-state index is -0.370. The fraction of sp³-hybridized carbons (Fsp3) is 0.467. The molecule has 1 amide bonds. The Labute approximate surface area is 118 Å². The van der Waals surface area contributed by atoms with Crippen LogP contribution in [0.3, 0.4) is 0 Å². The van der Waals surface area contributed by atoms with Crippen molar-refractivity contribution in [1.82, 2.24) is 4.90 Å². The van der Waals surface area contributed by atoms with Gasteiger partial charge in [0.15, 0.2) is 0 Å². The number of nitrogens with zero attached hydrogens (tertiary/aromatic N) is 2. The summed E-state index contributed by atoms with van der Waals surface area (Å²) >= 11 is 0. The molecule has 1 saturated heterocycles. The molecule has 5 heteroatoms. The van der Waals surface area contributed by atoms with Crippen LogP contribution in [0.5, 0.6) is 0 Å². The van der Waals surface area contributed by atoms with E-state index in [-0.39, 0.29) is 23.7 Å². The topological polar surface area (TPSA) is 56.1 Å². The third-order valence-electron chi connectivity index (χ3n) is 3.71. The van der Waals surface area contributed by atoms with Gasteiger partial charge < -0.3 is 5.32 Å². The number of carbonyl (C=O) groups excluding carboxylic acids is 1. The lowest BCUT2D eigenvalue weighted by atomic mass is 9.82. The number of carbonyl (C=O) groups is 1. The molecule has 0 spiro atoms. The molecule has 0 aromatic heterocycles. The summed E-state index contributed by atoms with van der Waals surface area (Å²) in [7, 11) is 0. The van der Waals surface area contributed by atoms with Crippen LogP contribution in [0.4, 0.5) is 10.1 Å². The molecule has 0 bridgehead atoms. The minimum absolute atomic E-state index is 0.156. The molecule has 1 N–H and O–H groups in total. The zero-order chi connectivity index (χ0) is 14.6. The van der Waals surface area contributed by atoms with Gasteiger partial charge in [0.25, 0.3) is 0 Å². The van der Waals surface area contributed by atoms with Crippen LogP contribution in [0.1, 0.15) is 19.8 Å². The van der Waals surface area contributed by atoms with E-state index in [0.29, 0.717) is 5.69 Å². The Morgan fingerprint density at radius 3 is 2.80 bits per heavy atom. The van der Waals surface area contributed by atoms with E-state index in [1.807, 2.05) is 11.8 Å². The number of halogens is 1. The number of nitriles is 1. The van der Waals surface area contributed by atoms with Crippen LogP contribution in [-0.4, -0.2) is 30.4 Å². The summed E-state index contributed by atoms with van der Waals surface area (Å²) in [6.07, 6.45) is 1.55. The van der Waals surface area contributed by atoms with E-state index in [4.69, 9.17) is 5.26 Å². The lowest BCUT2D eigenvalue weighted by molar-refractivity contribution is -0.117. The van der Waals surface area contributed by atoms with Crippen molar-refractivity contribution in [3.05, 3.63) is 30.1 Å². The highest BCUT2D eigenvalue weighted by molar-refractivity contribution is 5.92. The molecule has 0 radical (unpaired) electrons. The van der Waals surface area contributed by atoms with Crippen molar-refractivity contribution >= 4 is 11.6 Å². The molecular formula is C15H18FN3O. The first-order valence-corrected chi connectivity index (χ1v) is 6.70. The molecular weight excluding hydrogens is 257 g/mol. The number of nitrogens with one attached hydrogen (secondary N) is 1. The normalized spacial score (nSPS) is 18.2. The van der Waals surface area contributed by atoms with Crippen LogP contribution < -0.4 is 5.32 Å². The fourth-order valence-corrected chi connectivity index (χ4v) is 2.29. The maximum absolute atomic E-state index is 13.0. The van der Waals surface area contributed by atoms with Crippen molar-refractivity contribution < 1.29 is 9.18 Å². The van der Waals surface area contributed by atoms with Crippen LogP contribution in [0.2, 0.25) is 0 Å². The van der Waals surface area contributed by atoms with Crippen molar-refractivity contribution in [3.63, 3.8) is 0 Å². The predicted molar refractivity (Wildman–Crippen MR) is 74.4 cm³/mol. The quantitative estimate of drug-likeness (QED) is 0.921. The van der Waals surface area contributed by atoms with Gasteiger partial charge in [0.2, 0.25) is 5.91 Å². The van der Waals surface area contributed by atoms with Crippen LogP contribution in [0, 0.1) is 22.6 Å². The van der Waals surface area contributed by atoms with Crippen molar-refractivity contribution in [3.8, 4) is 6.07 Å². The van der Waals surface area contributed by atoms with Crippen molar-refractivity contribution in [1.29, 1.82) is 5.26 Å². The lowest BCUT2D eigenvalue weighted by Gasteiger charge is -2.34. The number of piperidine rings is 1. The number of benzene rings is 1. The van der Waals surface area contributed by atoms with E-state index in [1.165, 1.54) is 12.1 Å². The van der Waals surface area contributed by atoms with Crippen molar-refractivity contribution in [2.45, 2.75) is 19.8 Å². The lowest BCUT2D eigenvalue weighted by Crippen LogP contribution is -2.42. The predicted octanol–water partition coefficient (Wildman–Crippen LogP) is 2.39. The van der Waals surface area contributed by atoms with E-state index in [9.17, 15) is 9.18 Å². The van der Waals surface area contributed by atoms with Gasteiger partial charge in [-0.05, 0) is 38.0 Å². The first-order chi connectivity index (χ1) is 9.50. The van der Waals surface area contributed by atoms with Gasteiger partial charge in [-0.15, -0.1) is 0 Å². The molecule has 2 rings (SSSR count). The highest BCUT2D eigenvalue weighted by Crippen LogP contribution is 2.29. The van der Waals surface area contributed by atoms with Gasteiger partial charge in [0.1, 0.15) is 5.82 Å². The van der Waals surface area contributed by atoms with Crippen LogP contribution in [-0.2, 0) is 4.79 Å². The van der Waals surface area contributed by atoms with E-state index in [0.717, 1.165) is 25.9 Å². The monoisotopic (exact) mass is 275 g/mol. The third-order valence-corrected chi connectivity index (χ3v) is 3.71. The standard InChI is InChI=1S/C15H18FN3O/c1-15(11-17)5-7-19(8-6-15)10-14(20)18-13-4-2-3-12(16)9-13/h2-4,9H,5-8,10H2,1H3,(H,18,20). The molecule has 106 valence electrons. The van der Waals surface area contributed by atoms with Gasteiger partial charge >= 0.3 is 0 Å². The second kappa shape index (κ2) is 6.02. The Morgan fingerprint density at radius 1 is 1.50 bits per heavy atom. The molecule has 4 nitrogen and oxygen atoms in total. The molecule has 1 fully saturated rings. The Hall–Kier alpha value is -1.93. The second-order valence-corrected chi connectivity index (χ2v) is 5.51. The van der Waals surface area contributed by atoms with Gasteiger partial charge in [0.05, 0.1) is 18.0 Å². The van der Waals surface area contributed by atoms with Gasteiger partial charge in [-0.1, -0.05) is 6.07 Å². The Balaban J connectivity index is 1.83. The summed E-state index contributed by atoms with van der Waals surface area (Å²) in [5, 5.41) is 11.7. The van der Waals surface area contributed by atoms with E-state index < -0.39 is 0 Å². The molecule has 1 heterocycles. The minimum Gasteiger partial charge on any atom is -0.325 e. The smallest absolute Gasteiger partial charge is 0.238 e. The average molecular weight is 275 g/mol. The summed E-state index contributed by atoms with van der Waals surface area (Å²) in [5.41, 5.74) is 0.198. The number of likely N-dealkylation sites (tertiary alicyclic amines) is 1. The number of rotatable bonds is 3. The van der Waals surface area contributed by atoms with Gasteiger partial charge in [0, 0.05) is 18.8 Å². The maximum Gasteiger partial charge on any atom is 0.238 e. The zero-order valence-corrected chi connectivity index (χ0v) is 11.5. The maximum atomic E-state index is 13.0. The molecule has 0 atom stereocenters. The summed E-state index contributed by atoms with van der Waals surface area (Å²) < 4.78 is 13.0. The third kappa shape index (κ3) is 3.78. The molecule has 20 heavy (non-hydrogen) atoms. The van der Waals surface area contributed by atoms with Gasteiger partial charge in [-0.2, -0.15) is 5.26 Å². The molecule has 0 unspecified atom stereocenters. The Morgan fingerprint density at radius 2 is 2.20 bits per heavy atom. The molecule has 0 saturated carbocycles. The Kier molecular flexibility index (Phi) is 4.35.